The molecule has 1 aliphatic heterocycles. The summed E-state index contributed by atoms with van der Waals surface area (Å²) in [7, 11) is 0. The number of benzene rings is 1. The van der Waals surface area contributed by atoms with Crippen molar-refractivity contribution in [3.63, 3.8) is 0 Å². The fraction of sp³-hybridized carbons (Fsp3) is 0.444. The Hall–Kier alpha value is -2.41. The number of nitrogens with zero attached hydrogens (tertiary/aromatic N) is 3. The predicted molar refractivity (Wildman–Crippen MR) is 95.3 cm³/mol. The summed E-state index contributed by atoms with van der Waals surface area (Å²) in [5.41, 5.74) is 1.11. The topological polar surface area (TPSA) is 88.3 Å². The second-order valence-corrected chi connectivity index (χ2v) is 6.82. The molecule has 8 heteroatoms. The lowest BCUT2D eigenvalue weighted by molar-refractivity contribution is -0.138. The average Bonchev–Trinajstić information content (AvgIpc) is 3.05. The first kappa shape index (κ1) is 18.4. The van der Waals surface area contributed by atoms with Crippen LogP contribution in [0, 0.1) is 12.8 Å². The molecule has 1 saturated heterocycles. The Labute approximate surface area is 156 Å². The van der Waals surface area contributed by atoms with Gasteiger partial charge in [-0.2, -0.15) is 0 Å². The van der Waals surface area contributed by atoms with Gasteiger partial charge < -0.3 is 14.6 Å². The van der Waals surface area contributed by atoms with E-state index < -0.39 is 0 Å². The number of carbonyl (C=O) groups excluding carboxylic acids is 2. The summed E-state index contributed by atoms with van der Waals surface area (Å²) in [5.74, 6) is 0.621. The highest BCUT2D eigenvalue weighted by Crippen LogP contribution is 2.19. The van der Waals surface area contributed by atoms with Crippen LogP contribution in [-0.4, -0.2) is 40.0 Å². The molecule has 138 valence electrons. The van der Waals surface area contributed by atoms with Gasteiger partial charge in [0.1, 0.15) is 0 Å². The first-order chi connectivity index (χ1) is 12.5. The number of likely N-dealkylation sites (tertiary alicyclic amines) is 1. The molecule has 0 bridgehead atoms. The largest absolute Gasteiger partial charge is 0.424 e. The summed E-state index contributed by atoms with van der Waals surface area (Å²) in [4.78, 5) is 26.3. The van der Waals surface area contributed by atoms with Gasteiger partial charge in [0.25, 0.3) is 0 Å². The molecule has 0 radical (unpaired) electrons. The zero-order valence-electron chi connectivity index (χ0n) is 14.6. The second kappa shape index (κ2) is 8.31. The number of aromatic nitrogens is 2. The van der Waals surface area contributed by atoms with E-state index in [0.717, 1.165) is 12.0 Å². The average molecular weight is 377 g/mol. The van der Waals surface area contributed by atoms with Crippen molar-refractivity contribution in [1.82, 2.24) is 20.4 Å². The van der Waals surface area contributed by atoms with Crippen molar-refractivity contribution in [2.45, 2.75) is 32.7 Å². The number of hydrogen-bond donors (Lipinski definition) is 1. The zero-order valence-corrected chi connectivity index (χ0v) is 15.3. The molecular formula is C18H21ClN4O3. The van der Waals surface area contributed by atoms with Gasteiger partial charge in [-0.3, -0.25) is 9.59 Å². The van der Waals surface area contributed by atoms with E-state index in [0.29, 0.717) is 42.7 Å². The maximum absolute atomic E-state index is 12.4. The van der Waals surface area contributed by atoms with Crippen LogP contribution in [-0.2, 0) is 22.6 Å². The monoisotopic (exact) mass is 376 g/mol. The summed E-state index contributed by atoms with van der Waals surface area (Å²) in [6.07, 6.45) is 1.68. The van der Waals surface area contributed by atoms with E-state index in [1.807, 2.05) is 24.3 Å². The van der Waals surface area contributed by atoms with Crippen LogP contribution in [0.15, 0.2) is 28.7 Å². The number of halogens is 1. The minimum absolute atomic E-state index is 0.0927. The van der Waals surface area contributed by atoms with Crippen molar-refractivity contribution in [2.24, 2.45) is 5.92 Å². The molecule has 2 heterocycles. The molecule has 1 N–H and O–H groups in total. The normalized spacial score (nSPS) is 17.4. The zero-order chi connectivity index (χ0) is 18.5. The van der Waals surface area contributed by atoms with Crippen LogP contribution in [0.3, 0.4) is 0 Å². The van der Waals surface area contributed by atoms with Crippen LogP contribution in [0.2, 0.25) is 5.02 Å². The molecule has 7 nitrogen and oxygen atoms in total. The molecule has 0 spiro atoms. The summed E-state index contributed by atoms with van der Waals surface area (Å²) >= 11 is 5.89. The maximum atomic E-state index is 12.4. The molecule has 0 unspecified atom stereocenters. The minimum atomic E-state index is -0.220. The quantitative estimate of drug-likeness (QED) is 0.834. The lowest BCUT2D eigenvalue weighted by Gasteiger charge is -2.32. The van der Waals surface area contributed by atoms with Gasteiger partial charge in [-0.05, 0) is 30.5 Å². The van der Waals surface area contributed by atoms with Gasteiger partial charge in [-0.1, -0.05) is 23.7 Å². The van der Waals surface area contributed by atoms with E-state index in [1.165, 1.54) is 0 Å². The van der Waals surface area contributed by atoms with Crippen molar-refractivity contribution in [3.05, 3.63) is 46.6 Å². The van der Waals surface area contributed by atoms with Gasteiger partial charge in [0, 0.05) is 31.5 Å². The number of nitrogens with one attached hydrogen (secondary N) is 1. The number of rotatable bonds is 6. The van der Waals surface area contributed by atoms with Crippen molar-refractivity contribution in [1.29, 1.82) is 0 Å². The molecule has 2 aromatic rings. The standard InChI is InChI=1S/C18H21ClN4O3/c1-12-21-22-16(26-12)10-20-18(25)14-4-7-17(24)23(11-14)9-8-13-2-5-15(19)6-3-13/h2-3,5-6,14H,4,7-11H2,1H3,(H,20,25)/t14-/m1/s1. The predicted octanol–water partition coefficient (Wildman–Crippen LogP) is 2.13. The third-order valence-electron chi connectivity index (χ3n) is 4.44. The number of aryl methyl sites for hydroxylation is 1. The number of amides is 2. The van der Waals surface area contributed by atoms with Gasteiger partial charge in [0.05, 0.1) is 12.5 Å². The Bertz CT molecular complexity index is 775. The Kier molecular flexibility index (Phi) is 5.88. The highest BCUT2D eigenvalue weighted by Gasteiger charge is 2.30. The third kappa shape index (κ3) is 4.82. The van der Waals surface area contributed by atoms with Gasteiger partial charge in [0.15, 0.2) is 0 Å². The Morgan fingerprint density at radius 3 is 2.81 bits per heavy atom. The van der Waals surface area contributed by atoms with Crippen LogP contribution < -0.4 is 5.32 Å². The summed E-state index contributed by atoms with van der Waals surface area (Å²) < 4.78 is 5.24. The van der Waals surface area contributed by atoms with Gasteiger partial charge in [-0.25, -0.2) is 0 Å². The molecular weight excluding hydrogens is 356 g/mol. The SMILES string of the molecule is Cc1nnc(CNC(=O)[C@@H]2CCC(=O)N(CCc3ccc(Cl)cc3)C2)o1. The Balaban J connectivity index is 1.50. The van der Waals surface area contributed by atoms with Crippen LogP contribution in [0.4, 0.5) is 0 Å². The fourth-order valence-corrected chi connectivity index (χ4v) is 3.10. The van der Waals surface area contributed by atoms with E-state index in [4.69, 9.17) is 16.0 Å². The highest BCUT2D eigenvalue weighted by atomic mass is 35.5. The van der Waals surface area contributed by atoms with Crippen LogP contribution >= 0.6 is 11.6 Å². The molecule has 1 atom stereocenters. The smallest absolute Gasteiger partial charge is 0.235 e. The third-order valence-corrected chi connectivity index (χ3v) is 4.69. The molecule has 26 heavy (non-hydrogen) atoms. The molecule has 1 aliphatic rings. The molecule has 2 amide bonds. The van der Waals surface area contributed by atoms with Crippen LogP contribution in [0.25, 0.3) is 0 Å². The summed E-state index contributed by atoms with van der Waals surface area (Å²) in [6, 6.07) is 7.58. The van der Waals surface area contributed by atoms with E-state index in [2.05, 4.69) is 15.5 Å². The number of hydrogen-bond acceptors (Lipinski definition) is 5. The lowest BCUT2D eigenvalue weighted by atomic mass is 9.96. The lowest BCUT2D eigenvalue weighted by Crippen LogP contribution is -2.46. The van der Waals surface area contributed by atoms with Crippen molar-refractivity contribution < 1.29 is 14.0 Å². The molecule has 1 aromatic heterocycles. The molecule has 1 fully saturated rings. The van der Waals surface area contributed by atoms with E-state index in [9.17, 15) is 9.59 Å². The summed E-state index contributed by atoms with van der Waals surface area (Å²) in [5, 5.41) is 11.1. The van der Waals surface area contributed by atoms with Crippen LogP contribution in [0.5, 0.6) is 0 Å². The van der Waals surface area contributed by atoms with Gasteiger partial charge in [-0.15, -0.1) is 10.2 Å². The van der Waals surface area contributed by atoms with Gasteiger partial charge in [0.2, 0.25) is 23.6 Å². The molecule has 0 aliphatic carbocycles. The number of carbonyl (C=O) groups is 2. The molecule has 1 aromatic carbocycles. The minimum Gasteiger partial charge on any atom is -0.424 e. The van der Waals surface area contributed by atoms with Gasteiger partial charge >= 0.3 is 0 Å². The Morgan fingerprint density at radius 2 is 2.12 bits per heavy atom. The Morgan fingerprint density at radius 1 is 1.35 bits per heavy atom. The summed E-state index contributed by atoms with van der Waals surface area (Å²) in [6.45, 7) is 2.92. The van der Waals surface area contributed by atoms with Crippen molar-refractivity contribution in [3.8, 4) is 0 Å². The van der Waals surface area contributed by atoms with E-state index >= 15 is 0 Å². The van der Waals surface area contributed by atoms with E-state index in [-0.39, 0.29) is 24.3 Å². The van der Waals surface area contributed by atoms with Crippen molar-refractivity contribution >= 4 is 23.4 Å². The first-order valence-corrected chi connectivity index (χ1v) is 8.98. The second-order valence-electron chi connectivity index (χ2n) is 6.38. The maximum Gasteiger partial charge on any atom is 0.235 e. The fourth-order valence-electron chi connectivity index (χ4n) is 2.98. The molecule has 3 rings (SSSR count). The first-order valence-electron chi connectivity index (χ1n) is 8.60. The highest BCUT2D eigenvalue weighted by molar-refractivity contribution is 6.30. The van der Waals surface area contributed by atoms with Crippen molar-refractivity contribution in [2.75, 3.05) is 13.1 Å². The van der Waals surface area contributed by atoms with E-state index in [1.54, 1.807) is 11.8 Å². The number of piperidine rings is 1. The molecule has 0 saturated carbocycles. The van der Waals surface area contributed by atoms with Crippen LogP contribution in [0.1, 0.15) is 30.2 Å².